The third-order valence-corrected chi connectivity index (χ3v) is 2.94. The second-order valence-electron chi connectivity index (χ2n) is 4.49. The van der Waals surface area contributed by atoms with E-state index in [0.717, 1.165) is 11.3 Å². The Morgan fingerprint density at radius 2 is 2.11 bits per heavy atom. The summed E-state index contributed by atoms with van der Waals surface area (Å²) in [6, 6.07) is 5.46. The van der Waals surface area contributed by atoms with E-state index in [1.165, 1.54) is 6.20 Å². The Labute approximate surface area is 111 Å². The van der Waals surface area contributed by atoms with E-state index in [1.807, 2.05) is 24.9 Å². The maximum atomic E-state index is 11.1. The van der Waals surface area contributed by atoms with E-state index >= 15 is 0 Å². The molecule has 0 radical (unpaired) electrons. The molecule has 2 aromatic heterocycles. The maximum absolute atomic E-state index is 11.1. The Hall–Kier alpha value is -2.14. The van der Waals surface area contributed by atoms with Gasteiger partial charge >= 0.3 is 5.97 Å². The molecular weight excluding hydrogens is 244 g/mol. The highest BCUT2D eigenvalue weighted by Crippen LogP contribution is 2.14. The Morgan fingerprint density at radius 3 is 2.74 bits per heavy atom. The van der Waals surface area contributed by atoms with Gasteiger partial charge in [-0.05, 0) is 31.7 Å². The largest absolute Gasteiger partial charge is 0.477 e. The lowest BCUT2D eigenvalue weighted by molar-refractivity contribution is 0.0688. The molecule has 2 heterocycles. The van der Waals surface area contributed by atoms with Gasteiger partial charge in [-0.15, -0.1) is 0 Å². The maximum Gasteiger partial charge on any atom is 0.354 e. The summed E-state index contributed by atoms with van der Waals surface area (Å²) in [6.07, 6.45) is 3.15. The first-order valence-corrected chi connectivity index (χ1v) is 5.96. The summed E-state index contributed by atoms with van der Waals surface area (Å²) in [5.41, 5.74) is 1.92. The predicted octanol–water partition coefficient (Wildman–Crippen LogP) is 2.31. The van der Waals surface area contributed by atoms with E-state index in [1.54, 1.807) is 18.4 Å². The van der Waals surface area contributed by atoms with Gasteiger partial charge in [0, 0.05) is 24.8 Å². The van der Waals surface area contributed by atoms with E-state index in [4.69, 9.17) is 9.52 Å². The van der Waals surface area contributed by atoms with Crippen molar-refractivity contribution in [3.8, 4) is 0 Å². The summed E-state index contributed by atoms with van der Waals surface area (Å²) in [4.78, 5) is 17.0. The molecular formula is C14H16N2O3. The minimum atomic E-state index is -0.997. The molecule has 19 heavy (non-hydrogen) atoms. The van der Waals surface area contributed by atoms with Crippen LogP contribution in [0.1, 0.15) is 27.4 Å². The van der Waals surface area contributed by atoms with Crippen LogP contribution in [0.2, 0.25) is 0 Å². The van der Waals surface area contributed by atoms with Gasteiger partial charge in [0.25, 0.3) is 0 Å². The lowest BCUT2D eigenvalue weighted by atomic mass is 10.1. The van der Waals surface area contributed by atoms with E-state index in [9.17, 15) is 4.79 Å². The number of aromatic nitrogens is 1. The van der Waals surface area contributed by atoms with Crippen LogP contribution in [0.25, 0.3) is 0 Å². The summed E-state index contributed by atoms with van der Waals surface area (Å²) < 4.78 is 5.24. The number of carbonyl (C=O) groups is 1. The van der Waals surface area contributed by atoms with Crippen molar-refractivity contribution in [2.24, 2.45) is 0 Å². The molecule has 0 amide bonds. The first kappa shape index (κ1) is 13.3. The Bertz CT molecular complexity index is 578. The number of pyridine rings is 1. The average Bonchev–Trinajstić information content (AvgIpc) is 2.75. The molecule has 0 aliphatic rings. The first-order chi connectivity index (χ1) is 9.08. The van der Waals surface area contributed by atoms with Crippen LogP contribution in [-0.2, 0) is 13.1 Å². The van der Waals surface area contributed by atoms with Crippen molar-refractivity contribution in [1.29, 1.82) is 0 Å². The Balaban J connectivity index is 2.09. The standard InChI is InChI=1S/C14H16N2O3/c1-10-11(5-7-19-10)8-16(2)9-12-4-3-6-15-13(12)14(17)18/h3-7H,8-9H2,1-2H3,(H,17,18). The number of aromatic carboxylic acids is 1. The zero-order valence-electron chi connectivity index (χ0n) is 11.0. The molecule has 0 aromatic carbocycles. The molecule has 0 atom stereocenters. The summed E-state index contributed by atoms with van der Waals surface area (Å²) in [6.45, 7) is 3.15. The fraction of sp³-hybridized carbons (Fsp3) is 0.286. The lowest BCUT2D eigenvalue weighted by Crippen LogP contribution is -2.19. The average molecular weight is 260 g/mol. The second-order valence-corrected chi connectivity index (χ2v) is 4.49. The summed E-state index contributed by atoms with van der Waals surface area (Å²) in [5.74, 6) is -0.111. The van der Waals surface area contributed by atoms with Crippen LogP contribution in [-0.4, -0.2) is 28.0 Å². The third kappa shape index (κ3) is 3.20. The SMILES string of the molecule is Cc1occc1CN(C)Cc1cccnc1C(=O)O. The van der Waals surface area contributed by atoms with Crippen molar-refractivity contribution in [1.82, 2.24) is 9.88 Å². The smallest absolute Gasteiger partial charge is 0.354 e. The fourth-order valence-corrected chi connectivity index (χ4v) is 1.97. The zero-order chi connectivity index (χ0) is 13.8. The second kappa shape index (κ2) is 5.67. The van der Waals surface area contributed by atoms with Gasteiger partial charge in [-0.2, -0.15) is 0 Å². The van der Waals surface area contributed by atoms with Crippen molar-refractivity contribution in [3.63, 3.8) is 0 Å². The molecule has 0 saturated heterocycles. The van der Waals surface area contributed by atoms with Crippen molar-refractivity contribution in [2.75, 3.05) is 7.05 Å². The predicted molar refractivity (Wildman–Crippen MR) is 69.8 cm³/mol. The number of rotatable bonds is 5. The van der Waals surface area contributed by atoms with E-state index in [2.05, 4.69) is 4.98 Å². The molecule has 5 heteroatoms. The summed E-state index contributed by atoms with van der Waals surface area (Å²) in [5, 5.41) is 9.08. The normalized spacial score (nSPS) is 10.9. The van der Waals surface area contributed by atoms with Gasteiger partial charge in [0.15, 0.2) is 5.69 Å². The molecule has 0 aliphatic carbocycles. The number of hydrogen-bond acceptors (Lipinski definition) is 4. The monoisotopic (exact) mass is 260 g/mol. The highest BCUT2D eigenvalue weighted by atomic mass is 16.4. The molecule has 0 spiro atoms. The van der Waals surface area contributed by atoms with E-state index < -0.39 is 5.97 Å². The van der Waals surface area contributed by atoms with Crippen molar-refractivity contribution < 1.29 is 14.3 Å². The van der Waals surface area contributed by atoms with Gasteiger partial charge in [0.1, 0.15) is 5.76 Å². The number of furan rings is 1. The van der Waals surface area contributed by atoms with E-state index in [0.29, 0.717) is 18.7 Å². The molecule has 100 valence electrons. The van der Waals surface area contributed by atoms with Gasteiger partial charge < -0.3 is 9.52 Å². The van der Waals surface area contributed by atoms with Crippen LogP contribution in [0.15, 0.2) is 35.1 Å². The van der Waals surface area contributed by atoms with Gasteiger partial charge in [-0.25, -0.2) is 9.78 Å². The van der Waals surface area contributed by atoms with Gasteiger partial charge in [0.2, 0.25) is 0 Å². The van der Waals surface area contributed by atoms with Crippen LogP contribution in [0.4, 0.5) is 0 Å². The van der Waals surface area contributed by atoms with Gasteiger partial charge in [-0.3, -0.25) is 4.90 Å². The van der Waals surface area contributed by atoms with E-state index in [-0.39, 0.29) is 5.69 Å². The minimum Gasteiger partial charge on any atom is -0.477 e. The first-order valence-electron chi connectivity index (χ1n) is 5.96. The molecule has 0 aliphatic heterocycles. The number of carboxylic acid groups (broad SMARTS) is 1. The van der Waals surface area contributed by atoms with Gasteiger partial charge in [-0.1, -0.05) is 6.07 Å². The number of aryl methyl sites for hydroxylation is 1. The molecule has 2 rings (SSSR count). The van der Waals surface area contributed by atoms with Gasteiger partial charge in [0.05, 0.1) is 6.26 Å². The minimum absolute atomic E-state index is 0.110. The fourth-order valence-electron chi connectivity index (χ4n) is 1.97. The summed E-state index contributed by atoms with van der Waals surface area (Å²) in [7, 11) is 1.94. The number of hydrogen-bond donors (Lipinski definition) is 1. The molecule has 1 N–H and O–H groups in total. The van der Waals surface area contributed by atoms with Crippen molar-refractivity contribution >= 4 is 5.97 Å². The highest BCUT2D eigenvalue weighted by molar-refractivity contribution is 5.86. The number of nitrogens with zero attached hydrogens (tertiary/aromatic N) is 2. The molecule has 0 saturated carbocycles. The van der Waals surface area contributed by atoms with Crippen LogP contribution < -0.4 is 0 Å². The van der Waals surface area contributed by atoms with Crippen LogP contribution in [0.5, 0.6) is 0 Å². The van der Waals surface area contributed by atoms with Crippen LogP contribution in [0.3, 0.4) is 0 Å². The molecule has 0 bridgehead atoms. The summed E-state index contributed by atoms with van der Waals surface area (Å²) >= 11 is 0. The quantitative estimate of drug-likeness (QED) is 0.893. The number of carboxylic acids is 1. The van der Waals surface area contributed by atoms with Crippen LogP contribution >= 0.6 is 0 Å². The molecule has 0 unspecified atom stereocenters. The van der Waals surface area contributed by atoms with Crippen LogP contribution in [0, 0.1) is 6.92 Å². The zero-order valence-corrected chi connectivity index (χ0v) is 11.0. The Morgan fingerprint density at radius 1 is 1.37 bits per heavy atom. The lowest BCUT2D eigenvalue weighted by Gasteiger charge is -2.17. The van der Waals surface area contributed by atoms with Crippen molar-refractivity contribution in [2.45, 2.75) is 20.0 Å². The third-order valence-electron chi connectivity index (χ3n) is 2.94. The molecule has 5 nitrogen and oxygen atoms in total. The molecule has 2 aromatic rings. The highest BCUT2D eigenvalue weighted by Gasteiger charge is 2.13. The van der Waals surface area contributed by atoms with Crippen molar-refractivity contribution in [3.05, 3.63) is 53.2 Å². The topological polar surface area (TPSA) is 66.6 Å². The molecule has 0 fully saturated rings. The Kier molecular flexibility index (Phi) is 3.97.